The van der Waals surface area contributed by atoms with Gasteiger partial charge in [0.2, 0.25) is 11.8 Å². The molecule has 0 aromatic carbocycles. The van der Waals surface area contributed by atoms with Gasteiger partial charge in [0.25, 0.3) is 0 Å². The van der Waals surface area contributed by atoms with Crippen LogP contribution in [0.5, 0.6) is 0 Å². The molecule has 5 nitrogen and oxygen atoms in total. The Morgan fingerprint density at radius 2 is 1.94 bits per heavy atom. The van der Waals surface area contributed by atoms with Crippen LogP contribution in [-0.4, -0.2) is 53.3 Å². The Labute approximate surface area is 114 Å². The number of amides is 2. The summed E-state index contributed by atoms with van der Waals surface area (Å²) >= 11 is 0. The van der Waals surface area contributed by atoms with Crippen LogP contribution in [0.3, 0.4) is 0 Å². The van der Waals surface area contributed by atoms with E-state index in [9.17, 15) is 9.59 Å². The topological polar surface area (TPSA) is 66.6 Å². The molecule has 0 aromatic rings. The highest BCUT2D eigenvalue weighted by Crippen LogP contribution is 2.28. The molecule has 0 radical (unpaired) electrons. The third-order valence-electron chi connectivity index (χ3n) is 3.56. The van der Waals surface area contributed by atoms with Crippen LogP contribution in [0.15, 0.2) is 0 Å². The standard InChI is InChI=1S/C12H21N3O2.ClH/c1-8(2)11(13)12(17)14-5-6-15(9-3-4-9)10(16)7-14;/h8-9,11H,3-7,13H2,1-2H3;1H. The van der Waals surface area contributed by atoms with E-state index in [1.54, 1.807) is 4.90 Å². The Hall–Kier alpha value is -0.810. The fourth-order valence-corrected chi connectivity index (χ4v) is 2.14. The zero-order chi connectivity index (χ0) is 12.6. The first kappa shape index (κ1) is 15.2. The average molecular weight is 276 g/mol. The lowest BCUT2D eigenvalue weighted by Gasteiger charge is -2.36. The average Bonchev–Trinajstić information content (AvgIpc) is 3.10. The van der Waals surface area contributed by atoms with E-state index in [1.807, 2.05) is 18.7 Å². The van der Waals surface area contributed by atoms with Crippen molar-refractivity contribution >= 4 is 24.2 Å². The Kier molecular flexibility index (Phi) is 4.99. The van der Waals surface area contributed by atoms with Crippen LogP contribution in [0, 0.1) is 5.92 Å². The van der Waals surface area contributed by atoms with Crippen molar-refractivity contribution < 1.29 is 9.59 Å². The molecule has 2 fully saturated rings. The maximum atomic E-state index is 12.0. The molecule has 2 rings (SSSR count). The van der Waals surface area contributed by atoms with Crippen molar-refractivity contribution in [1.29, 1.82) is 0 Å². The normalized spacial score (nSPS) is 21.9. The van der Waals surface area contributed by atoms with Gasteiger partial charge in [0.1, 0.15) is 0 Å². The van der Waals surface area contributed by atoms with Gasteiger partial charge < -0.3 is 15.5 Å². The van der Waals surface area contributed by atoms with E-state index in [0.29, 0.717) is 19.1 Å². The summed E-state index contributed by atoms with van der Waals surface area (Å²) in [5.41, 5.74) is 5.83. The van der Waals surface area contributed by atoms with Crippen LogP contribution in [0.25, 0.3) is 0 Å². The van der Waals surface area contributed by atoms with Crippen LogP contribution in [-0.2, 0) is 9.59 Å². The molecule has 104 valence electrons. The molecule has 1 saturated heterocycles. The maximum Gasteiger partial charge on any atom is 0.242 e. The lowest BCUT2D eigenvalue weighted by atomic mass is 10.0. The summed E-state index contributed by atoms with van der Waals surface area (Å²) in [4.78, 5) is 27.4. The van der Waals surface area contributed by atoms with E-state index in [-0.39, 0.29) is 36.7 Å². The van der Waals surface area contributed by atoms with E-state index in [0.717, 1.165) is 12.8 Å². The number of carbonyl (C=O) groups excluding carboxylic acids is 2. The first-order chi connectivity index (χ1) is 8.00. The van der Waals surface area contributed by atoms with Gasteiger partial charge in [-0.2, -0.15) is 0 Å². The van der Waals surface area contributed by atoms with E-state index in [2.05, 4.69) is 0 Å². The molecule has 0 spiro atoms. The second-order valence-electron chi connectivity index (χ2n) is 5.35. The van der Waals surface area contributed by atoms with Crippen LogP contribution in [0.2, 0.25) is 0 Å². The summed E-state index contributed by atoms with van der Waals surface area (Å²) in [6.07, 6.45) is 2.23. The smallest absolute Gasteiger partial charge is 0.242 e. The number of halogens is 1. The lowest BCUT2D eigenvalue weighted by Crippen LogP contribution is -2.57. The molecular formula is C12H22ClN3O2. The van der Waals surface area contributed by atoms with Gasteiger partial charge in [-0.3, -0.25) is 9.59 Å². The largest absolute Gasteiger partial charge is 0.336 e. The third kappa shape index (κ3) is 3.14. The highest BCUT2D eigenvalue weighted by atomic mass is 35.5. The number of nitrogens with zero attached hydrogens (tertiary/aromatic N) is 2. The summed E-state index contributed by atoms with van der Waals surface area (Å²) < 4.78 is 0. The molecule has 18 heavy (non-hydrogen) atoms. The molecule has 1 aliphatic carbocycles. The zero-order valence-corrected chi connectivity index (χ0v) is 11.8. The quantitative estimate of drug-likeness (QED) is 0.802. The van der Waals surface area contributed by atoms with Gasteiger partial charge in [-0.15, -0.1) is 12.4 Å². The summed E-state index contributed by atoms with van der Waals surface area (Å²) in [7, 11) is 0. The van der Waals surface area contributed by atoms with Crippen molar-refractivity contribution in [3.63, 3.8) is 0 Å². The molecule has 0 bridgehead atoms. The van der Waals surface area contributed by atoms with Gasteiger partial charge in [0, 0.05) is 19.1 Å². The SMILES string of the molecule is CC(C)C(N)C(=O)N1CCN(C2CC2)C(=O)C1.Cl. The molecule has 1 saturated carbocycles. The summed E-state index contributed by atoms with van der Waals surface area (Å²) in [6.45, 7) is 5.34. The molecule has 2 aliphatic rings. The number of nitrogens with two attached hydrogens (primary N) is 1. The molecule has 1 atom stereocenters. The third-order valence-corrected chi connectivity index (χ3v) is 3.56. The van der Waals surface area contributed by atoms with Gasteiger partial charge in [0.05, 0.1) is 12.6 Å². The number of rotatable bonds is 3. The van der Waals surface area contributed by atoms with E-state index in [4.69, 9.17) is 5.73 Å². The van der Waals surface area contributed by atoms with Crippen molar-refractivity contribution in [2.45, 2.75) is 38.8 Å². The van der Waals surface area contributed by atoms with Crippen molar-refractivity contribution in [3.8, 4) is 0 Å². The number of hydrogen-bond donors (Lipinski definition) is 1. The maximum absolute atomic E-state index is 12.0. The fourth-order valence-electron chi connectivity index (χ4n) is 2.14. The number of hydrogen-bond acceptors (Lipinski definition) is 3. The fraction of sp³-hybridized carbons (Fsp3) is 0.833. The Balaban J connectivity index is 0.00000162. The van der Waals surface area contributed by atoms with Crippen LogP contribution in [0.1, 0.15) is 26.7 Å². The molecule has 0 aromatic heterocycles. The summed E-state index contributed by atoms with van der Waals surface area (Å²) in [5.74, 6) is 0.0888. The highest BCUT2D eigenvalue weighted by molar-refractivity contribution is 5.88. The highest BCUT2D eigenvalue weighted by Gasteiger charge is 2.37. The molecule has 1 unspecified atom stereocenters. The van der Waals surface area contributed by atoms with Gasteiger partial charge in [0.15, 0.2) is 0 Å². The van der Waals surface area contributed by atoms with Crippen molar-refractivity contribution in [2.75, 3.05) is 19.6 Å². The summed E-state index contributed by atoms with van der Waals surface area (Å²) in [6, 6.07) is -0.0474. The van der Waals surface area contributed by atoms with E-state index in [1.165, 1.54) is 0 Å². The minimum atomic E-state index is -0.490. The first-order valence-electron chi connectivity index (χ1n) is 6.34. The minimum Gasteiger partial charge on any atom is -0.336 e. The first-order valence-corrected chi connectivity index (χ1v) is 6.34. The molecule has 2 N–H and O–H groups in total. The van der Waals surface area contributed by atoms with Crippen molar-refractivity contribution in [3.05, 3.63) is 0 Å². The Morgan fingerprint density at radius 1 is 1.33 bits per heavy atom. The molecule has 1 aliphatic heterocycles. The van der Waals surface area contributed by atoms with Gasteiger partial charge in [-0.25, -0.2) is 0 Å². The van der Waals surface area contributed by atoms with E-state index < -0.39 is 6.04 Å². The molecule has 6 heteroatoms. The predicted molar refractivity (Wildman–Crippen MR) is 71.4 cm³/mol. The van der Waals surface area contributed by atoms with Gasteiger partial charge in [-0.1, -0.05) is 13.8 Å². The van der Waals surface area contributed by atoms with Gasteiger partial charge >= 0.3 is 0 Å². The number of piperazine rings is 1. The van der Waals surface area contributed by atoms with Crippen LogP contribution < -0.4 is 5.73 Å². The van der Waals surface area contributed by atoms with Crippen LogP contribution in [0.4, 0.5) is 0 Å². The van der Waals surface area contributed by atoms with Crippen molar-refractivity contribution in [1.82, 2.24) is 9.80 Å². The molecule has 2 amide bonds. The second-order valence-corrected chi connectivity index (χ2v) is 5.35. The Morgan fingerprint density at radius 3 is 2.39 bits per heavy atom. The molecule has 1 heterocycles. The minimum absolute atomic E-state index is 0. The van der Waals surface area contributed by atoms with Crippen molar-refractivity contribution in [2.24, 2.45) is 11.7 Å². The predicted octanol–water partition coefficient (Wildman–Crippen LogP) is 0.225. The molecular weight excluding hydrogens is 254 g/mol. The second kappa shape index (κ2) is 5.89. The zero-order valence-electron chi connectivity index (χ0n) is 11.0. The Bertz CT molecular complexity index is 331. The lowest BCUT2D eigenvalue weighted by molar-refractivity contribution is -0.146. The monoisotopic (exact) mass is 275 g/mol. The van der Waals surface area contributed by atoms with Crippen LogP contribution >= 0.6 is 12.4 Å². The van der Waals surface area contributed by atoms with Gasteiger partial charge in [-0.05, 0) is 18.8 Å². The summed E-state index contributed by atoms with van der Waals surface area (Å²) in [5, 5.41) is 0. The van der Waals surface area contributed by atoms with E-state index >= 15 is 0 Å². The number of carbonyl (C=O) groups is 2.